The number of benzene rings is 3. The summed E-state index contributed by atoms with van der Waals surface area (Å²) in [7, 11) is 1.45. The number of amides is 1. The van der Waals surface area contributed by atoms with Gasteiger partial charge in [-0.05, 0) is 35.2 Å². The molecule has 0 heterocycles. The molecule has 3 aromatic carbocycles. The van der Waals surface area contributed by atoms with Crippen LogP contribution in [0.1, 0.15) is 11.7 Å². The molecule has 0 aliphatic carbocycles. The molecule has 0 fully saturated rings. The summed E-state index contributed by atoms with van der Waals surface area (Å²) in [5, 5.41) is 24.9. The lowest BCUT2D eigenvalue weighted by Gasteiger charge is -2.20. The van der Waals surface area contributed by atoms with Gasteiger partial charge in [-0.25, -0.2) is 0 Å². The van der Waals surface area contributed by atoms with E-state index in [-0.39, 0.29) is 11.7 Å². The van der Waals surface area contributed by atoms with Gasteiger partial charge < -0.3 is 26.0 Å². The maximum Gasteiger partial charge on any atom is 0.248 e. The molecular weight excluding hydrogens is 356 g/mol. The Balaban J connectivity index is 1.80. The van der Waals surface area contributed by atoms with Crippen LogP contribution in [0.25, 0.3) is 10.8 Å². The molecule has 0 saturated heterocycles. The summed E-state index contributed by atoms with van der Waals surface area (Å²) >= 11 is 0. The summed E-state index contributed by atoms with van der Waals surface area (Å²) in [6.45, 7) is 0. The summed E-state index contributed by atoms with van der Waals surface area (Å²) in [5.41, 5.74) is 7.38. The lowest BCUT2D eigenvalue weighted by Crippen LogP contribution is -2.20. The smallest absolute Gasteiger partial charge is 0.248 e. The highest BCUT2D eigenvalue weighted by Crippen LogP contribution is 2.32. The van der Waals surface area contributed by atoms with E-state index in [4.69, 9.17) is 10.5 Å². The number of phenols is 1. The van der Waals surface area contributed by atoms with E-state index in [1.807, 2.05) is 18.2 Å². The number of carbonyl (C=O) groups excluding carboxylic acids is 1. The van der Waals surface area contributed by atoms with Crippen molar-refractivity contribution < 1.29 is 19.7 Å². The van der Waals surface area contributed by atoms with Gasteiger partial charge in [-0.15, -0.1) is 0 Å². The standard InChI is InChI=1S/C22H22N2O4/c1-28-20(12-13-21(26)24-18-9-5-4-8-17(18)23)22(27)16-10-11-19(25)15-7-3-2-6-14(15)16/h2-13,20,22,25,27H,23H2,1H3,(H,24,26)/b13-12+/t20-,22-/m1/s1. The van der Waals surface area contributed by atoms with Crippen molar-refractivity contribution in [1.29, 1.82) is 0 Å². The van der Waals surface area contributed by atoms with E-state index in [1.54, 1.807) is 36.4 Å². The average molecular weight is 378 g/mol. The van der Waals surface area contributed by atoms with Crippen LogP contribution in [-0.4, -0.2) is 29.3 Å². The lowest BCUT2D eigenvalue weighted by molar-refractivity contribution is -0.112. The van der Waals surface area contributed by atoms with Crippen molar-refractivity contribution in [1.82, 2.24) is 0 Å². The minimum absolute atomic E-state index is 0.135. The average Bonchev–Trinajstić information content (AvgIpc) is 2.70. The van der Waals surface area contributed by atoms with Crippen molar-refractivity contribution in [2.75, 3.05) is 18.2 Å². The second-order valence-corrected chi connectivity index (χ2v) is 6.30. The first kappa shape index (κ1) is 19.4. The van der Waals surface area contributed by atoms with Crippen LogP contribution in [0.5, 0.6) is 5.75 Å². The predicted octanol–water partition coefficient (Wildman–Crippen LogP) is 3.37. The molecule has 5 N–H and O–H groups in total. The molecule has 0 bridgehead atoms. The first-order chi connectivity index (χ1) is 13.5. The van der Waals surface area contributed by atoms with E-state index in [2.05, 4.69) is 5.32 Å². The number of ether oxygens (including phenoxy) is 1. The topological polar surface area (TPSA) is 105 Å². The number of fused-ring (bicyclic) bond motifs is 1. The Kier molecular flexibility index (Phi) is 5.93. The molecule has 0 aliphatic rings. The van der Waals surface area contributed by atoms with Gasteiger partial charge in [0, 0.05) is 18.6 Å². The molecular formula is C22H22N2O4. The lowest BCUT2D eigenvalue weighted by atomic mass is 9.96. The summed E-state index contributed by atoms with van der Waals surface area (Å²) in [6, 6.07) is 17.3. The molecule has 144 valence electrons. The van der Waals surface area contributed by atoms with Gasteiger partial charge in [-0.3, -0.25) is 4.79 Å². The van der Waals surface area contributed by atoms with Gasteiger partial charge in [-0.2, -0.15) is 0 Å². The van der Waals surface area contributed by atoms with Crippen LogP contribution in [0.2, 0.25) is 0 Å². The Morgan fingerprint density at radius 1 is 1.07 bits per heavy atom. The number of rotatable bonds is 6. The summed E-state index contributed by atoms with van der Waals surface area (Å²) < 4.78 is 5.37. The van der Waals surface area contributed by atoms with Crippen LogP contribution < -0.4 is 11.1 Å². The van der Waals surface area contributed by atoms with Gasteiger partial charge in [-0.1, -0.05) is 42.5 Å². The van der Waals surface area contributed by atoms with Gasteiger partial charge in [0.2, 0.25) is 5.91 Å². The van der Waals surface area contributed by atoms with Crippen molar-refractivity contribution in [2.45, 2.75) is 12.2 Å². The van der Waals surface area contributed by atoms with Gasteiger partial charge in [0.05, 0.1) is 11.4 Å². The fourth-order valence-electron chi connectivity index (χ4n) is 3.02. The van der Waals surface area contributed by atoms with Gasteiger partial charge in [0.1, 0.15) is 18.0 Å². The zero-order valence-electron chi connectivity index (χ0n) is 15.4. The molecule has 0 saturated carbocycles. The first-order valence-corrected chi connectivity index (χ1v) is 8.76. The zero-order chi connectivity index (χ0) is 20.1. The van der Waals surface area contributed by atoms with Crippen molar-refractivity contribution >= 4 is 28.1 Å². The Hall–Kier alpha value is -3.35. The molecule has 2 atom stereocenters. The molecule has 0 unspecified atom stereocenters. The normalized spacial score (nSPS) is 13.5. The number of nitrogens with one attached hydrogen (secondary N) is 1. The maximum atomic E-state index is 12.2. The second kappa shape index (κ2) is 8.56. The van der Waals surface area contributed by atoms with Crippen molar-refractivity contribution in [3.8, 4) is 5.75 Å². The highest BCUT2D eigenvalue weighted by molar-refractivity contribution is 6.01. The molecule has 0 aromatic heterocycles. The number of methoxy groups -OCH3 is 1. The third kappa shape index (κ3) is 4.14. The highest BCUT2D eigenvalue weighted by Gasteiger charge is 2.21. The number of carbonyl (C=O) groups is 1. The number of phenolic OH excluding ortho intramolecular Hbond substituents is 1. The van der Waals surface area contributed by atoms with E-state index < -0.39 is 12.2 Å². The van der Waals surface area contributed by atoms with Crippen molar-refractivity contribution in [2.24, 2.45) is 0 Å². The first-order valence-electron chi connectivity index (χ1n) is 8.76. The highest BCUT2D eigenvalue weighted by atomic mass is 16.5. The van der Waals surface area contributed by atoms with Crippen LogP contribution >= 0.6 is 0 Å². The summed E-state index contributed by atoms with van der Waals surface area (Å²) in [6.07, 6.45) is 1.00. The Labute approximate surface area is 162 Å². The molecule has 3 aromatic rings. The van der Waals surface area contributed by atoms with Crippen LogP contribution in [0.3, 0.4) is 0 Å². The fraction of sp³-hybridized carbons (Fsp3) is 0.136. The Morgan fingerprint density at radius 2 is 1.75 bits per heavy atom. The molecule has 3 rings (SSSR count). The number of aliphatic hydroxyl groups excluding tert-OH is 1. The van der Waals surface area contributed by atoms with Gasteiger partial charge in [0.15, 0.2) is 0 Å². The molecule has 0 spiro atoms. The monoisotopic (exact) mass is 378 g/mol. The maximum absolute atomic E-state index is 12.2. The molecule has 6 heteroatoms. The third-order valence-electron chi connectivity index (χ3n) is 4.49. The van der Waals surface area contributed by atoms with Gasteiger partial charge >= 0.3 is 0 Å². The minimum atomic E-state index is -1.03. The number of aliphatic hydroxyl groups is 1. The zero-order valence-corrected chi connectivity index (χ0v) is 15.4. The van der Waals surface area contributed by atoms with Crippen LogP contribution in [0, 0.1) is 0 Å². The number of nitrogen functional groups attached to an aromatic ring is 1. The minimum Gasteiger partial charge on any atom is -0.507 e. The number of anilines is 2. The molecule has 0 aliphatic heterocycles. The molecule has 0 radical (unpaired) electrons. The van der Waals surface area contributed by atoms with E-state index in [0.717, 1.165) is 0 Å². The number of aromatic hydroxyl groups is 1. The largest absolute Gasteiger partial charge is 0.507 e. The number of para-hydroxylation sites is 2. The summed E-state index contributed by atoms with van der Waals surface area (Å²) in [4.78, 5) is 12.2. The number of hydrogen-bond donors (Lipinski definition) is 4. The molecule has 28 heavy (non-hydrogen) atoms. The fourth-order valence-corrected chi connectivity index (χ4v) is 3.02. The SMILES string of the molecule is CO[C@H](/C=C/C(=O)Nc1ccccc1N)[C@H](O)c1ccc(O)c2ccccc12. The second-order valence-electron chi connectivity index (χ2n) is 6.30. The van der Waals surface area contributed by atoms with Crippen LogP contribution in [-0.2, 0) is 9.53 Å². The van der Waals surface area contributed by atoms with Crippen LogP contribution in [0.4, 0.5) is 11.4 Å². The Morgan fingerprint density at radius 3 is 2.46 bits per heavy atom. The molecule has 6 nitrogen and oxygen atoms in total. The van der Waals surface area contributed by atoms with Gasteiger partial charge in [0.25, 0.3) is 0 Å². The molecule has 1 amide bonds. The van der Waals surface area contributed by atoms with E-state index in [9.17, 15) is 15.0 Å². The number of hydrogen-bond acceptors (Lipinski definition) is 5. The van der Waals surface area contributed by atoms with Crippen LogP contribution in [0.15, 0.2) is 72.8 Å². The van der Waals surface area contributed by atoms with Crippen molar-refractivity contribution in [3.63, 3.8) is 0 Å². The van der Waals surface area contributed by atoms with E-state index in [1.165, 1.54) is 25.3 Å². The quantitative estimate of drug-likeness (QED) is 0.389. The summed E-state index contributed by atoms with van der Waals surface area (Å²) in [5.74, 6) is -0.251. The van der Waals surface area contributed by atoms with Crippen molar-refractivity contribution in [3.05, 3.63) is 78.4 Å². The van der Waals surface area contributed by atoms with E-state index >= 15 is 0 Å². The third-order valence-corrected chi connectivity index (χ3v) is 4.49. The van der Waals surface area contributed by atoms with E-state index in [0.29, 0.717) is 27.7 Å². The predicted molar refractivity (Wildman–Crippen MR) is 110 cm³/mol. The Bertz CT molecular complexity index is 1020. The number of nitrogens with two attached hydrogens (primary N) is 1.